The largest absolute Gasteiger partial charge is 0.0843 e. The molecule has 14 heavy (non-hydrogen) atoms. The molecule has 0 aromatic heterocycles. The van der Waals surface area contributed by atoms with Gasteiger partial charge in [0.25, 0.3) is 0 Å². The maximum absolute atomic E-state index is 6.07. The van der Waals surface area contributed by atoms with E-state index in [2.05, 4.69) is 6.07 Å². The second-order valence-electron chi connectivity index (χ2n) is 2.92. The van der Waals surface area contributed by atoms with Crippen LogP contribution in [0.15, 0.2) is 42.5 Å². The van der Waals surface area contributed by atoms with Gasteiger partial charge < -0.3 is 0 Å². The summed E-state index contributed by atoms with van der Waals surface area (Å²) in [5, 5.41) is 1.32. The van der Waals surface area contributed by atoms with Crippen LogP contribution in [0.3, 0.4) is 0 Å². The van der Waals surface area contributed by atoms with E-state index < -0.39 is 0 Å². The van der Waals surface area contributed by atoms with Crippen LogP contribution in [0.4, 0.5) is 0 Å². The lowest BCUT2D eigenvalue weighted by molar-refractivity contribution is 1.61. The van der Waals surface area contributed by atoms with Gasteiger partial charge in [0.05, 0.1) is 0 Å². The van der Waals surface area contributed by atoms with E-state index in [1.807, 2.05) is 36.4 Å². The molecule has 2 rings (SSSR count). The molecular weight excluding hydrogens is 215 g/mol. The average molecular weight is 222 g/mol. The molecule has 0 bridgehead atoms. The fraction of sp³-hybridized carbons (Fsp3) is 0. The van der Waals surface area contributed by atoms with Crippen molar-refractivity contribution in [2.75, 3.05) is 0 Å². The van der Waals surface area contributed by atoms with E-state index in [9.17, 15) is 0 Å². The Kier molecular flexibility index (Phi) is 2.76. The summed E-state index contributed by atoms with van der Waals surface area (Å²) < 4.78 is 0. The van der Waals surface area contributed by atoms with Crippen molar-refractivity contribution in [2.45, 2.75) is 0 Å². The molecule has 0 atom stereocenters. The highest BCUT2D eigenvalue weighted by atomic mass is 35.5. The van der Waals surface area contributed by atoms with Crippen LogP contribution in [0, 0.1) is 6.07 Å². The summed E-state index contributed by atoms with van der Waals surface area (Å²) in [4.78, 5) is 0. The first-order valence-corrected chi connectivity index (χ1v) is 4.94. The number of hydrogen-bond acceptors (Lipinski definition) is 0. The molecule has 0 saturated carbocycles. The van der Waals surface area contributed by atoms with E-state index in [-0.39, 0.29) is 0 Å². The van der Waals surface area contributed by atoms with Crippen LogP contribution in [0.2, 0.25) is 10.0 Å². The average Bonchev–Trinajstić information content (AvgIpc) is 2.19. The summed E-state index contributed by atoms with van der Waals surface area (Å²) in [5.41, 5.74) is 2.03. The zero-order chi connectivity index (χ0) is 9.97. The zero-order valence-corrected chi connectivity index (χ0v) is 8.81. The fourth-order valence-electron chi connectivity index (χ4n) is 1.28. The van der Waals surface area contributed by atoms with Crippen LogP contribution in [-0.4, -0.2) is 0 Å². The molecule has 2 aromatic rings. The molecular formula is C12H7Cl2. The Morgan fingerprint density at radius 2 is 1.93 bits per heavy atom. The van der Waals surface area contributed by atoms with E-state index in [1.165, 1.54) is 0 Å². The molecule has 0 nitrogen and oxygen atoms in total. The third-order valence-electron chi connectivity index (χ3n) is 1.95. The lowest BCUT2D eigenvalue weighted by atomic mass is 10.1. The van der Waals surface area contributed by atoms with Crippen LogP contribution >= 0.6 is 23.2 Å². The molecule has 69 valence electrons. The molecule has 0 heterocycles. The van der Waals surface area contributed by atoms with Gasteiger partial charge in [0, 0.05) is 15.6 Å². The zero-order valence-electron chi connectivity index (χ0n) is 7.30. The lowest BCUT2D eigenvalue weighted by Crippen LogP contribution is -1.78. The Labute approximate surface area is 93.1 Å². The quantitative estimate of drug-likeness (QED) is 0.668. The van der Waals surface area contributed by atoms with Gasteiger partial charge in [-0.25, -0.2) is 0 Å². The first-order valence-electron chi connectivity index (χ1n) is 4.19. The third kappa shape index (κ3) is 1.92. The fourth-order valence-corrected chi connectivity index (χ4v) is 1.80. The Morgan fingerprint density at radius 1 is 1.07 bits per heavy atom. The van der Waals surface area contributed by atoms with Crippen molar-refractivity contribution in [1.82, 2.24) is 0 Å². The first kappa shape index (κ1) is 9.57. The van der Waals surface area contributed by atoms with Crippen molar-refractivity contribution in [3.63, 3.8) is 0 Å². The van der Waals surface area contributed by atoms with Gasteiger partial charge in [-0.1, -0.05) is 47.5 Å². The SMILES string of the molecule is Clc1ccc(-c2c[c]ccc2)c(Cl)c1. The van der Waals surface area contributed by atoms with E-state index in [4.69, 9.17) is 23.2 Å². The van der Waals surface area contributed by atoms with Crippen molar-refractivity contribution in [1.29, 1.82) is 0 Å². The Hall–Kier alpha value is -0.980. The molecule has 0 N–H and O–H groups in total. The summed E-state index contributed by atoms with van der Waals surface area (Å²) >= 11 is 11.9. The van der Waals surface area contributed by atoms with Crippen LogP contribution in [0.25, 0.3) is 11.1 Å². The molecule has 2 aromatic carbocycles. The van der Waals surface area contributed by atoms with Crippen LogP contribution in [0.1, 0.15) is 0 Å². The molecule has 0 unspecified atom stereocenters. The minimum absolute atomic E-state index is 0.652. The van der Waals surface area contributed by atoms with Gasteiger partial charge in [0.1, 0.15) is 0 Å². The van der Waals surface area contributed by atoms with Gasteiger partial charge in [-0.2, -0.15) is 0 Å². The number of benzene rings is 2. The highest BCUT2D eigenvalue weighted by Gasteiger charge is 2.02. The summed E-state index contributed by atoms with van der Waals surface area (Å²) in [6.45, 7) is 0. The second-order valence-corrected chi connectivity index (χ2v) is 3.76. The molecule has 0 aliphatic heterocycles. The minimum atomic E-state index is 0.652. The van der Waals surface area contributed by atoms with Crippen LogP contribution < -0.4 is 0 Å². The number of rotatable bonds is 1. The topological polar surface area (TPSA) is 0 Å². The van der Waals surface area contributed by atoms with E-state index >= 15 is 0 Å². The van der Waals surface area contributed by atoms with Gasteiger partial charge in [-0.15, -0.1) is 0 Å². The van der Waals surface area contributed by atoms with Gasteiger partial charge in [0.15, 0.2) is 0 Å². The Balaban J connectivity index is 2.53. The summed E-state index contributed by atoms with van der Waals surface area (Å²) in [5.74, 6) is 0. The number of hydrogen-bond donors (Lipinski definition) is 0. The molecule has 0 fully saturated rings. The van der Waals surface area contributed by atoms with Crippen molar-refractivity contribution in [3.8, 4) is 11.1 Å². The van der Waals surface area contributed by atoms with Crippen LogP contribution in [0.5, 0.6) is 0 Å². The number of halogens is 2. The monoisotopic (exact) mass is 221 g/mol. The standard InChI is InChI=1S/C12H7Cl2/c13-10-6-7-11(12(14)8-10)9-4-2-1-3-5-9/h1-2,4-8H. The second kappa shape index (κ2) is 4.04. The summed E-state index contributed by atoms with van der Waals surface area (Å²) in [7, 11) is 0. The smallest absolute Gasteiger partial charge is 0.0499 e. The van der Waals surface area contributed by atoms with Crippen molar-refractivity contribution in [3.05, 3.63) is 58.6 Å². The van der Waals surface area contributed by atoms with E-state index in [0.29, 0.717) is 10.0 Å². The first-order chi connectivity index (χ1) is 6.77. The van der Waals surface area contributed by atoms with Gasteiger partial charge in [-0.05, 0) is 29.8 Å². The lowest BCUT2D eigenvalue weighted by Gasteiger charge is -2.03. The van der Waals surface area contributed by atoms with Crippen molar-refractivity contribution < 1.29 is 0 Å². The Morgan fingerprint density at radius 3 is 2.57 bits per heavy atom. The predicted molar refractivity (Wildman–Crippen MR) is 60.7 cm³/mol. The van der Waals surface area contributed by atoms with Gasteiger partial charge in [0.2, 0.25) is 0 Å². The summed E-state index contributed by atoms with van der Waals surface area (Å²) in [6.07, 6.45) is 0. The van der Waals surface area contributed by atoms with Gasteiger partial charge in [-0.3, -0.25) is 0 Å². The van der Waals surface area contributed by atoms with Crippen LogP contribution in [-0.2, 0) is 0 Å². The Bertz CT molecular complexity index is 435. The highest BCUT2D eigenvalue weighted by Crippen LogP contribution is 2.29. The molecule has 0 saturated heterocycles. The molecule has 0 aliphatic rings. The molecule has 1 radical (unpaired) electrons. The molecule has 2 heteroatoms. The highest BCUT2D eigenvalue weighted by molar-refractivity contribution is 6.36. The normalized spacial score (nSPS) is 10.1. The van der Waals surface area contributed by atoms with Crippen molar-refractivity contribution in [2.24, 2.45) is 0 Å². The molecule has 0 amide bonds. The van der Waals surface area contributed by atoms with Gasteiger partial charge >= 0.3 is 0 Å². The maximum Gasteiger partial charge on any atom is 0.0499 e. The maximum atomic E-state index is 6.07. The minimum Gasteiger partial charge on any atom is -0.0843 e. The van der Waals surface area contributed by atoms with Crippen molar-refractivity contribution >= 4 is 23.2 Å². The molecule has 0 aliphatic carbocycles. The third-order valence-corrected chi connectivity index (χ3v) is 2.50. The molecule has 0 spiro atoms. The van der Waals surface area contributed by atoms with E-state index in [0.717, 1.165) is 11.1 Å². The predicted octanol–water partition coefficient (Wildman–Crippen LogP) is 4.46. The van der Waals surface area contributed by atoms with E-state index in [1.54, 1.807) is 6.07 Å². The summed E-state index contributed by atoms with van der Waals surface area (Å²) in [6, 6.07) is 16.2.